The van der Waals surface area contributed by atoms with E-state index in [-0.39, 0.29) is 17.9 Å². The summed E-state index contributed by atoms with van der Waals surface area (Å²) in [6, 6.07) is 11.2. The van der Waals surface area contributed by atoms with Crippen LogP contribution in [0.25, 0.3) is 0 Å². The van der Waals surface area contributed by atoms with Crippen LogP contribution in [0.1, 0.15) is 17.5 Å². The molecule has 0 bridgehead atoms. The summed E-state index contributed by atoms with van der Waals surface area (Å²) < 4.78 is 27.2. The second kappa shape index (κ2) is 7.23. The summed E-state index contributed by atoms with van der Waals surface area (Å²) in [6.07, 6.45) is -0.291. The molecule has 0 aliphatic carbocycles. The number of hydrogen-bond acceptors (Lipinski definition) is 3. The summed E-state index contributed by atoms with van der Waals surface area (Å²) in [7, 11) is -3.89. The molecule has 0 aromatic heterocycles. The van der Waals surface area contributed by atoms with Crippen molar-refractivity contribution in [3.63, 3.8) is 0 Å². The molecule has 2 aromatic rings. The topological polar surface area (TPSA) is 74.7 Å². The zero-order valence-electron chi connectivity index (χ0n) is 13.4. The van der Waals surface area contributed by atoms with E-state index in [1.165, 1.54) is 24.3 Å². The van der Waals surface area contributed by atoms with Gasteiger partial charge in [0.25, 0.3) is 10.0 Å². The van der Waals surface area contributed by atoms with Gasteiger partial charge in [-0.1, -0.05) is 23.7 Å². The zero-order valence-corrected chi connectivity index (χ0v) is 14.9. The first kappa shape index (κ1) is 18.3. The smallest absolute Gasteiger partial charge is 0.305 e. The molecule has 2 aromatic carbocycles. The lowest BCUT2D eigenvalue weighted by Gasteiger charge is -2.26. The first-order valence-corrected chi connectivity index (χ1v) is 9.11. The maximum absolute atomic E-state index is 13.0. The molecule has 0 radical (unpaired) electrons. The van der Waals surface area contributed by atoms with Crippen LogP contribution in [0.4, 0.5) is 5.69 Å². The Morgan fingerprint density at radius 1 is 1.12 bits per heavy atom. The van der Waals surface area contributed by atoms with Gasteiger partial charge in [0.2, 0.25) is 0 Å². The molecule has 7 heteroatoms. The molecular formula is C17H18ClNO4S. The fourth-order valence-corrected chi connectivity index (χ4v) is 3.94. The molecule has 128 valence electrons. The minimum Gasteiger partial charge on any atom is -0.481 e. The summed E-state index contributed by atoms with van der Waals surface area (Å²) in [6.45, 7) is 3.50. The molecule has 0 amide bonds. The van der Waals surface area contributed by atoms with E-state index in [0.29, 0.717) is 10.7 Å². The van der Waals surface area contributed by atoms with Gasteiger partial charge in [-0.3, -0.25) is 9.10 Å². The Labute approximate surface area is 146 Å². The molecule has 5 nitrogen and oxygen atoms in total. The van der Waals surface area contributed by atoms with Crippen LogP contribution in [-0.4, -0.2) is 26.0 Å². The van der Waals surface area contributed by atoms with Crippen molar-refractivity contribution in [3.05, 3.63) is 58.6 Å². The van der Waals surface area contributed by atoms with Gasteiger partial charge in [0, 0.05) is 11.6 Å². The molecule has 0 atom stereocenters. The van der Waals surface area contributed by atoms with Crippen LogP contribution >= 0.6 is 11.6 Å². The summed E-state index contributed by atoms with van der Waals surface area (Å²) >= 11 is 5.82. The van der Waals surface area contributed by atoms with Crippen LogP contribution in [0, 0.1) is 13.8 Å². The average molecular weight is 368 g/mol. The van der Waals surface area contributed by atoms with E-state index in [1.54, 1.807) is 13.0 Å². The summed E-state index contributed by atoms with van der Waals surface area (Å²) in [4.78, 5) is 11.0. The summed E-state index contributed by atoms with van der Waals surface area (Å²) in [5.41, 5.74) is 2.12. The van der Waals surface area contributed by atoms with Crippen molar-refractivity contribution >= 4 is 33.3 Å². The van der Waals surface area contributed by atoms with E-state index in [4.69, 9.17) is 16.7 Å². The Bertz CT molecular complexity index is 847. The Hall–Kier alpha value is -2.05. The van der Waals surface area contributed by atoms with Gasteiger partial charge in [-0.05, 0) is 55.3 Å². The number of sulfonamides is 1. The monoisotopic (exact) mass is 367 g/mol. The summed E-state index contributed by atoms with van der Waals surface area (Å²) in [5, 5.41) is 9.40. The highest BCUT2D eigenvalue weighted by molar-refractivity contribution is 7.92. The maximum atomic E-state index is 13.0. The molecule has 0 unspecified atom stereocenters. The number of carboxylic acids is 1. The highest BCUT2D eigenvalue weighted by Gasteiger charge is 2.26. The van der Waals surface area contributed by atoms with Crippen LogP contribution in [-0.2, 0) is 14.8 Å². The van der Waals surface area contributed by atoms with E-state index in [0.717, 1.165) is 15.4 Å². The Morgan fingerprint density at radius 3 is 2.33 bits per heavy atom. The van der Waals surface area contributed by atoms with Crippen LogP contribution in [0.15, 0.2) is 47.4 Å². The van der Waals surface area contributed by atoms with Gasteiger partial charge in [0.15, 0.2) is 0 Å². The zero-order chi connectivity index (χ0) is 17.9. The predicted octanol–water partition coefficient (Wildman–Crippen LogP) is 3.63. The Kier molecular flexibility index (Phi) is 5.51. The Balaban J connectivity index is 2.54. The van der Waals surface area contributed by atoms with Crippen LogP contribution in [0.5, 0.6) is 0 Å². The maximum Gasteiger partial charge on any atom is 0.305 e. The van der Waals surface area contributed by atoms with E-state index < -0.39 is 16.0 Å². The van der Waals surface area contributed by atoms with Crippen molar-refractivity contribution in [1.29, 1.82) is 0 Å². The van der Waals surface area contributed by atoms with E-state index >= 15 is 0 Å². The van der Waals surface area contributed by atoms with Crippen LogP contribution in [0.2, 0.25) is 5.02 Å². The van der Waals surface area contributed by atoms with Gasteiger partial charge in [-0.15, -0.1) is 0 Å². The van der Waals surface area contributed by atoms with Gasteiger partial charge in [0.1, 0.15) is 0 Å². The molecule has 0 heterocycles. The number of aryl methyl sites for hydroxylation is 2. The highest BCUT2D eigenvalue weighted by Crippen LogP contribution is 2.28. The lowest BCUT2D eigenvalue weighted by Crippen LogP contribution is -2.33. The second-order valence-electron chi connectivity index (χ2n) is 5.46. The van der Waals surface area contributed by atoms with Crippen LogP contribution < -0.4 is 4.31 Å². The van der Waals surface area contributed by atoms with Gasteiger partial charge in [-0.25, -0.2) is 8.42 Å². The number of halogens is 1. The van der Waals surface area contributed by atoms with Crippen molar-refractivity contribution in [3.8, 4) is 0 Å². The molecule has 0 aliphatic rings. The number of carbonyl (C=O) groups is 1. The van der Waals surface area contributed by atoms with Crippen molar-refractivity contribution in [2.45, 2.75) is 25.2 Å². The lowest BCUT2D eigenvalue weighted by atomic mass is 10.1. The van der Waals surface area contributed by atoms with E-state index in [2.05, 4.69) is 0 Å². The van der Waals surface area contributed by atoms with E-state index in [1.807, 2.05) is 19.1 Å². The first-order chi connectivity index (χ1) is 11.2. The van der Waals surface area contributed by atoms with Crippen molar-refractivity contribution < 1.29 is 18.3 Å². The first-order valence-electron chi connectivity index (χ1n) is 7.29. The lowest BCUT2D eigenvalue weighted by molar-refractivity contribution is -0.136. The number of aliphatic carboxylic acids is 1. The molecule has 24 heavy (non-hydrogen) atoms. The number of rotatable bonds is 6. The molecule has 0 spiro atoms. The van der Waals surface area contributed by atoms with E-state index in [9.17, 15) is 13.2 Å². The predicted molar refractivity (Wildman–Crippen MR) is 94.2 cm³/mol. The van der Waals surface area contributed by atoms with Gasteiger partial charge >= 0.3 is 5.97 Å². The third-order valence-electron chi connectivity index (χ3n) is 3.56. The third-order valence-corrected chi connectivity index (χ3v) is 5.64. The molecule has 2 rings (SSSR count). The third kappa shape index (κ3) is 4.07. The quantitative estimate of drug-likeness (QED) is 0.846. The molecule has 1 N–H and O–H groups in total. The number of anilines is 1. The average Bonchev–Trinajstić information content (AvgIpc) is 2.50. The second-order valence-corrected chi connectivity index (χ2v) is 7.76. The number of hydrogen-bond donors (Lipinski definition) is 1. The number of carboxylic acid groups (broad SMARTS) is 1. The molecular weight excluding hydrogens is 350 g/mol. The fraction of sp³-hybridized carbons (Fsp3) is 0.235. The molecule has 0 saturated carbocycles. The molecule has 0 fully saturated rings. The Morgan fingerprint density at radius 2 is 1.75 bits per heavy atom. The molecule has 0 saturated heterocycles. The minimum atomic E-state index is -3.89. The van der Waals surface area contributed by atoms with Gasteiger partial charge < -0.3 is 5.11 Å². The van der Waals surface area contributed by atoms with Gasteiger partial charge in [0.05, 0.1) is 17.0 Å². The fourth-order valence-electron chi connectivity index (χ4n) is 2.29. The normalized spacial score (nSPS) is 11.3. The SMILES string of the molecule is Cc1ccc(C)c(N(CCC(=O)O)S(=O)(=O)c2ccc(Cl)cc2)c1. The van der Waals surface area contributed by atoms with Crippen molar-refractivity contribution in [2.75, 3.05) is 10.8 Å². The highest BCUT2D eigenvalue weighted by atomic mass is 35.5. The van der Waals surface area contributed by atoms with Crippen LogP contribution in [0.3, 0.4) is 0 Å². The number of benzene rings is 2. The van der Waals surface area contributed by atoms with Crippen molar-refractivity contribution in [1.82, 2.24) is 0 Å². The largest absolute Gasteiger partial charge is 0.481 e. The summed E-state index contributed by atoms with van der Waals surface area (Å²) in [5.74, 6) is -1.06. The minimum absolute atomic E-state index is 0.0678. The standard InChI is InChI=1S/C17H18ClNO4S/c1-12-3-4-13(2)16(11-12)19(10-9-17(20)21)24(22,23)15-7-5-14(18)6-8-15/h3-8,11H,9-10H2,1-2H3,(H,20,21). The molecule has 0 aliphatic heterocycles. The van der Waals surface area contributed by atoms with Crippen molar-refractivity contribution in [2.24, 2.45) is 0 Å². The van der Waals surface area contributed by atoms with Gasteiger partial charge in [-0.2, -0.15) is 0 Å². The number of nitrogens with zero attached hydrogens (tertiary/aromatic N) is 1.